The van der Waals surface area contributed by atoms with Gasteiger partial charge in [0.2, 0.25) is 0 Å². The van der Waals surface area contributed by atoms with Gasteiger partial charge >= 0.3 is 0 Å². The van der Waals surface area contributed by atoms with Crippen molar-refractivity contribution in [1.29, 1.82) is 0 Å². The molecule has 0 radical (unpaired) electrons. The van der Waals surface area contributed by atoms with E-state index in [2.05, 4.69) is 82.8 Å². The van der Waals surface area contributed by atoms with Crippen molar-refractivity contribution in [1.82, 2.24) is 9.97 Å². The third-order valence-electron chi connectivity index (χ3n) is 4.45. The molecule has 0 saturated heterocycles. The fourth-order valence-corrected chi connectivity index (χ4v) is 3.35. The summed E-state index contributed by atoms with van der Waals surface area (Å²) in [6, 6.07) is 25.4. The number of fused-ring (bicyclic) bond motifs is 4. The van der Waals surface area contributed by atoms with Crippen LogP contribution in [0.3, 0.4) is 0 Å². The minimum atomic E-state index is 1.03. The quantitative estimate of drug-likeness (QED) is 0.432. The second-order valence-electron chi connectivity index (χ2n) is 5.81. The lowest BCUT2D eigenvalue weighted by Gasteiger charge is -2.06. The molecule has 0 aliphatic rings. The SMILES string of the molecule is c1ccc2c(-c3ccc4c(c3)[nH]c3ccccc34)nccc2c1. The van der Waals surface area contributed by atoms with Crippen LogP contribution in [-0.2, 0) is 0 Å². The van der Waals surface area contributed by atoms with E-state index >= 15 is 0 Å². The van der Waals surface area contributed by atoms with Crippen LogP contribution in [0.15, 0.2) is 79.0 Å². The number of hydrogen-bond donors (Lipinski definition) is 1. The summed E-state index contributed by atoms with van der Waals surface area (Å²) in [7, 11) is 0. The Morgan fingerprint density at radius 2 is 1.43 bits per heavy atom. The van der Waals surface area contributed by atoms with Gasteiger partial charge in [0.05, 0.1) is 5.69 Å². The maximum absolute atomic E-state index is 4.62. The van der Waals surface area contributed by atoms with Crippen molar-refractivity contribution in [2.45, 2.75) is 0 Å². The molecule has 0 aliphatic heterocycles. The van der Waals surface area contributed by atoms with E-state index in [1.54, 1.807) is 0 Å². The Morgan fingerprint density at radius 3 is 2.39 bits per heavy atom. The first-order valence-corrected chi connectivity index (χ1v) is 7.75. The standard InChI is InChI=1S/C21H14N2/c1-2-6-16-14(5-1)11-12-22-21(16)15-9-10-18-17-7-3-4-8-19(17)23-20(18)13-15/h1-13,23H. The average Bonchev–Trinajstić information content (AvgIpc) is 2.99. The number of nitrogens with one attached hydrogen (secondary N) is 1. The number of H-pyrrole nitrogens is 1. The highest BCUT2D eigenvalue weighted by Crippen LogP contribution is 2.31. The third-order valence-corrected chi connectivity index (χ3v) is 4.45. The van der Waals surface area contributed by atoms with Gasteiger partial charge in [-0.15, -0.1) is 0 Å². The molecule has 5 rings (SSSR count). The van der Waals surface area contributed by atoms with Crippen LogP contribution in [-0.4, -0.2) is 9.97 Å². The van der Waals surface area contributed by atoms with Crippen molar-refractivity contribution in [3.8, 4) is 11.3 Å². The molecule has 0 amide bonds. The van der Waals surface area contributed by atoms with Gasteiger partial charge in [0.1, 0.15) is 0 Å². The smallest absolute Gasteiger partial charge is 0.0781 e. The highest BCUT2D eigenvalue weighted by atomic mass is 14.7. The lowest BCUT2D eigenvalue weighted by molar-refractivity contribution is 1.36. The molecule has 0 bridgehead atoms. The normalized spacial score (nSPS) is 11.5. The zero-order valence-corrected chi connectivity index (χ0v) is 12.5. The Morgan fingerprint density at radius 1 is 0.652 bits per heavy atom. The summed E-state index contributed by atoms with van der Waals surface area (Å²) in [4.78, 5) is 8.13. The van der Waals surface area contributed by atoms with Crippen molar-refractivity contribution in [3.05, 3.63) is 79.0 Å². The Hall–Kier alpha value is -3.13. The zero-order valence-electron chi connectivity index (χ0n) is 12.5. The van der Waals surface area contributed by atoms with Crippen LogP contribution in [0, 0.1) is 0 Å². The van der Waals surface area contributed by atoms with E-state index in [0.29, 0.717) is 0 Å². The maximum atomic E-state index is 4.62. The average molecular weight is 294 g/mol. The van der Waals surface area contributed by atoms with E-state index in [4.69, 9.17) is 0 Å². The second kappa shape index (κ2) is 4.68. The van der Waals surface area contributed by atoms with Crippen LogP contribution in [0.4, 0.5) is 0 Å². The van der Waals surface area contributed by atoms with Crippen molar-refractivity contribution in [2.75, 3.05) is 0 Å². The molecule has 2 nitrogen and oxygen atoms in total. The van der Waals surface area contributed by atoms with E-state index in [1.807, 2.05) is 6.20 Å². The largest absolute Gasteiger partial charge is 0.354 e. The number of pyridine rings is 1. The molecule has 108 valence electrons. The molecule has 23 heavy (non-hydrogen) atoms. The summed E-state index contributed by atoms with van der Waals surface area (Å²) in [5.74, 6) is 0. The molecule has 2 heteroatoms. The molecule has 0 fully saturated rings. The second-order valence-corrected chi connectivity index (χ2v) is 5.81. The number of hydrogen-bond acceptors (Lipinski definition) is 1. The van der Waals surface area contributed by atoms with Crippen LogP contribution in [0.25, 0.3) is 43.8 Å². The maximum Gasteiger partial charge on any atom is 0.0781 e. The summed E-state index contributed by atoms with van der Waals surface area (Å²) >= 11 is 0. The Kier molecular flexibility index (Phi) is 2.53. The number of benzene rings is 3. The lowest BCUT2D eigenvalue weighted by atomic mass is 10.0. The van der Waals surface area contributed by atoms with Gasteiger partial charge in [-0.3, -0.25) is 4.98 Å². The summed E-state index contributed by atoms with van der Waals surface area (Å²) < 4.78 is 0. The van der Waals surface area contributed by atoms with Gasteiger partial charge in [-0.2, -0.15) is 0 Å². The number of aromatic amines is 1. The minimum absolute atomic E-state index is 1.03. The molecule has 0 unspecified atom stereocenters. The van der Waals surface area contributed by atoms with Crippen molar-refractivity contribution in [2.24, 2.45) is 0 Å². The number of aromatic nitrogens is 2. The van der Waals surface area contributed by atoms with Crippen LogP contribution < -0.4 is 0 Å². The first-order valence-electron chi connectivity index (χ1n) is 7.75. The first kappa shape index (κ1) is 12.4. The van der Waals surface area contributed by atoms with Gasteiger partial charge in [-0.05, 0) is 23.6 Å². The molecule has 0 saturated carbocycles. The van der Waals surface area contributed by atoms with Gasteiger partial charge in [-0.1, -0.05) is 54.6 Å². The monoisotopic (exact) mass is 294 g/mol. The van der Waals surface area contributed by atoms with Crippen molar-refractivity contribution >= 4 is 32.6 Å². The van der Waals surface area contributed by atoms with Gasteiger partial charge < -0.3 is 4.98 Å². The Bertz CT molecular complexity index is 1160. The highest BCUT2D eigenvalue weighted by Gasteiger charge is 2.08. The van der Waals surface area contributed by atoms with E-state index in [-0.39, 0.29) is 0 Å². The fourth-order valence-electron chi connectivity index (χ4n) is 3.35. The predicted molar refractivity (Wildman–Crippen MR) is 96.5 cm³/mol. The van der Waals surface area contributed by atoms with Gasteiger partial charge in [0, 0.05) is 39.0 Å². The van der Waals surface area contributed by atoms with Crippen LogP contribution in [0.2, 0.25) is 0 Å². The topological polar surface area (TPSA) is 28.7 Å². The summed E-state index contributed by atoms with van der Waals surface area (Å²) in [6.07, 6.45) is 1.88. The molecule has 2 aromatic heterocycles. The number of nitrogens with zero attached hydrogens (tertiary/aromatic N) is 1. The van der Waals surface area contributed by atoms with Crippen LogP contribution in [0.5, 0.6) is 0 Å². The highest BCUT2D eigenvalue weighted by molar-refractivity contribution is 6.08. The lowest BCUT2D eigenvalue weighted by Crippen LogP contribution is -1.85. The summed E-state index contributed by atoms with van der Waals surface area (Å²) in [6.45, 7) is 0. The molecule has 0 spiro atoms. The van der Waals surface area contributed by atoms with Gasteiger partial charge in [0.25, 0.3) is 0 Å². The molecule has 0 atom stereocenters. The van der Waals surface area contributed by atoms with Crippen LogP contribution >= 0.6 is 0 Å². The van der Waals surface area contributed by atoms with Gasteiger partial charge in [-0.25, -0.2) is 0 Å². The van der Waals surface area contributed by atoms with Gasteiger partial charge in [0.15, 0.2) is 0 Å². The molecular weight excluding hydrogens is 280 g/mol. The van der Waals surface area contributed by atoms with E-state index in [0.717, 1.165) is 16.8 Å². The van der Waals surface area contributed by atoms with E-state index < -0.39 is 0 Å². The summed E-state index contributed by atoms with van der Waals surface area (Å²) in [5, 5.41) is 4.92. The Labute approximate surface area is 133 Å². The molecule has 3 aromatic carbocycles. The fraction of sp³-hybridized carbons (Fsp3) is 0. The van der Waals surface area contributed by atoms with Crippen LogP contribution in [0.1, 0.15) is 0 Å². The molecule has 0 aliphatic carbocycles. The molecule has 5 aromatic rings. The molecule has 1 N–H and O–H groups in total. The number of para-hydroxylation sites is 1. The molecule has 2 heterocycles. The number of rotatable bonds is 1. The molecular formula is C21H14N2. The van der Waals surface area contributed by atoms with Crippen molar-refractivity contribution < 1.29 is 0 Å². The zero-order chi connectivity index (χ0) is 15.2. The van der Waals surface area contributed by atoms with Crippen molar-refractivity contribution in [3.63, 3.8) is 0 Å². The first-order chi connectivity index (χ1) is 11.4. The minimum Gasteiger partial charge on any atom is -0.354 e. The third kappa shape index (κ3) is 1.85. The predicted octanol–water partition coefficient (Wildman–Crippen LogP) is 5.54. The van der Waals surface area contributed by atoms with E-state index in [9.17, 15) is 0 Å². The van der Waals surface area contributed by atoms with E-state index in [1.165, 1.54) is 27.1 Å². The summed E-state index contributed by atoms with van der Waals surface area (Å²) in [5.41, 5.74) is 4.49. The Balaban J connectivity index is 1.81.